The molecule has 1 aromatic heterocycles. The molecule has 1 heterocycles. The van der Waals surface area contributed by atoms with Gasteiger partial charge in [0.2, 0.25) is 10.0 Å². The Bertz CT molecular complexity index is 769. The highest BCUT2D eigenvalue weighted by molar-refractivity contribution is 7.89. The summed E-state index contributed by atoms with van der Waals surface area (Å²) in [6.07, 6.45) is 0. The van der Waals surface area contributed by atoms with Gasteiger partial charge in [0.25, 0.3) is 0 Å². The largest absolute Gasteiger partial charge is 0.328 e. The second-order valence-electron chi connectivity index (χ2n) is 4.34. The molecule has 0 radical (unpaired) electrons. The number of benzene rings is 1. The van der Waals surface area contributed by atoms with Gasteiger partial charge in [0.1, 0.15) is 0 Å². The van der Waals surface area contributed by atoms with E-state index in [1.807, 2.05) is 0 Å². The minimum Gasteiger partial charge on any atom is -0.295 e. The smallest absolute Gasteiger partial charge is 0.295 e. The number of hydrogen-bond acceptors (Lipinski definition) is 3. The van der Waals surface area contributed by atoms with E-state index in [-0.39, 0.29) is 10.6 Å². The van der Waals surface area contributed by atoms with Gasteiger partial charge in [0, 0.05) is 28.2 Å². The van der Waals surface area contributed by atoms with Crippen molar-refractivity contribution < 1.29 is 8.42 Å². The minimum absolute atomic E-state index is 0.176. The van der Waals surface area contributed by atoms with Crippen LogP contribution in [0.15, 0.2) is 27.9 Å². The average Bonchev–Trinajstić information content (AvgIpc) is 2.54. The first-order chi connectivity index (χ1) is 8.26. The minimum atomic E-state index is -3.48. The Morgan fingerprint density at radius 2 is 1.61 bits per heavy atom. The van der Waals surface area contributed by atoms with Crippen molar-refractivity contribution in [2.75, 3.05) is 14.1 Å². The zero-order chi connectivity index (χ0) is 13.7. The lowest BCUT2D eigenvalue weighted by Crippen LogP contribution is -2.22. The van der Waals surface area contributed by atoms with Gasteiger partial charge in [-0.1, -0.05) is 0 Å². The van der Waals surface area contributed by atoms with Crippen LogP contribution in [0.4, 0.5) is 0 Å². The molecule has 0 atom stereocenters. The summed E-state index contributed by atoms with van der Waals surface area (Å²) in [7, 11) is 2.75. The highest BCUT2D eigenvalue weighted by atomic mass is 32.2. The zero-order valence-electron chi connectivity index (χ0n) is 10.7. The number of rotatable bonds is 2. The molecule has 0 bridgehead atoms. The van der Waals surface area contributed by atoms with Gasteiger partial charge in [-0.05, 0) is 18.2 Å². The van der Waals surface area contributed by atoms with Crippen molar-refractivity contribution in [3.63, 3.8) is 0 Å². The molecule has 0 saturated carbocycles. The molecule has 0 aliphatic carbocycles. The standard InChI is InChI=1S/C11H15N3O3S/c1-12(2)18(16,17)8-5-6-9-10(7-8)14(4)11(15)13(9)3/h5-7H,1-4H3. The van der Waals surface area contributed by atoms with Gasteiger partial charge in [-0.2, -0.15) is 0 Å². The van der Waals surface area contributed by atoms with Crippen LogP contribution >= 0.6 is 0 Å². The van der Waals surface area contributed by atoms with Crippen LogP contribution < -0.4 is 5.69 Å². The van der Waals surface area contributed by atoms with Crippen LogP contribution in [0.1, 0.15) is 0 Å². The molecule has 1 aromatic carbocycles. The van der Waals surface area contributed by atoms with E-state index in [0.717, 1.165) is 4.31 Å². The summed E-state index contributed by atoms with van der Waals surface area (Å²) < 4.78 is 28.1. The van der Waals surface area contributed by atoms with Gasteiger partial charge in [-0.3, -0.25) is 9.13 Å². The van der Waals surface area contributed by atoms with Gasteiger partial charge in [0.15, 0.2) is 0 Å². The fourth-order valence-electron chi connectivity index (χ4n) is 1.86. The summed E-state index contributed by atoms with van der Waals surface area (Å²) in [6.45, 7) is 0. The Morgan fingerprint density at radius 1 is 1.06 bits per heavy atom. The van der Waals surface area contributed by atoms with Gasteiger partial charge in [-0.25, -0.2) is 17.5 Å². The van der Waals surface area contributed by atoms with Gasteiger partial charge >= 0.3 is 5.69 Å². The molecule has 0 amide bonds. The lowest BCUT2D eigenvalue weighted by Gasteiger charge is -2.11. The van der Waals surface area contributed by atoms with Gasteiger partial charge in [0.05, 0.1) is 15.9 Å². The molecule has 0 fully saturated rings. The molecule has 98 valence electrons. The van der Waals surface area contributed by atoms with E-state index < -0.39 is 10.0 Å². The lowest BCUT2D eigenvalue weighted by atomic mass is 10.3. The summed E-state index contributed by atoms with van der Waals surface area (Å²) in [5.41, 5.74) is 1.13. The van der Waals surface area contributed by atoms with Crippen molar-refractivity contribution in [2.45, 2.75) is 4.90 Å². The predicted octanol–water partition coefficient (Wildman–Crippen LogP) is 0.127. The molecule has 0 saturated heterocycles. The van der Waals surface area contributed by atoms with Crippen molar-refractivity contribution >= 4 is 21.1 Å². The third-order valence-corrected chi connectivity index (χ3v) is 4.83. The maximum atomic E-state index is 12.0. The van der Waals surface area contributed by atoms with Crippen LogP contribution in [0, 0.1) is 0 Å². The normalized spacial score (nSPS) is 12.5. The van der Waals surface area contributed by atoms with Crippen LogP contribution in [-0.4, -0.2) is 36.0 Å². The molecular weight excluding hydrogens is 254 g/mol. The van der Waals surface area contributed by atoms with Crippen LogP contribution in [0.25, 0.3) is 11.0 Å². The first-order valence-electron chi connectivity index (χ1n) is 5.35. The molecule has 6 nitrogen and oxygen atoms in total. The number of nitrogens with zero attached hydrogens (tertiary/aromatic N) is 3. The first kappa shape index (κ1) is 12.8. The third kappa shape index (κ3) is 1.67. The quantitative estimate of drug-likeness (QED) is 0.778. The van der Waals surface area contributed by atoms with E-state index in [1.54, 1.807) is 20.2 Å². The highest BCUT2D eigenvalue weighted by Crippen LogP contribution is 2.19. The molecule has 0 aliphatic heterocycles. The van der Waals surface area contributed by atoms with E-state index >= 15 is 0 Å². The summed E-state index contributed by atoms with van der Waals surface area (Å²) in [4.78, 5) is 11.9. The Kier molecular flexibility index (Phi) is 2.83. The highest BCUT2D eigenvalue weighted by Gasteiger charge is 2.19. The van der Waals surface area contributed by atoms with Crippen molar-refractivity contribution in [2.24, 2.45) is 14.1 Å². The van der Waals surface area contributed by atoms with Gasteiger partial charge < -0.3 is 0 Å². The van der Waals surface area contributed by atoms with Crippen LogP contribution in [-0.2, 0) is 24.1 Å². The third-order valence-electron chi connectivity index (χ3n) is 3.02. The molecule has 2 aromatic rings. The molecular formula is C11H15N3O3S. The van der Waals surface area contributed by atoms with E-state index in [0.29, 0.717) is 11.0 Å². The fourth-order valence-corrected chi connectivity index (χ4v) is 2.78. The fraction of sp³-hybridized carbons (Fsp3) is 0.364. The number of imidazole rings is 1. The van der Waals surface area contributed by atoms with Crippen molar-refractivity contribution in [3.8, 4) is 0 Å². The van der Waals surface area contributed by atoms with Crippen LogP contribution in [0.5, 0.6) is 0 Å². The van der Waals surface area contributed by atoms with E-state index in [4.69, 9.17) is 0 Å². The van der Waals surface area contributed by atoms with E-state index in [9.17, 15) is 13.2 Å². The molecule has 18 heavy (non-hydrogen) atoms. The summed E-state index contributed by atoms with van der Waals surface area (Å²) >= 11 is 0. The van der Waals surface area contributed by atoms with E-state index in [1.165, 1.54) is 35.4 Å². The topological polar surface area (TPSA) is 64.3 Å². The van der Waals surface area contributed by atoms with Gasteiger partial charge in [-0.15, -0.1) is 0 Å². The Labute approximate surface area is 105 Å². The number of hydrogen-bond donors (Lipinski definition) is 0. The predicted molar refractivity (Wildman–Crippen MR) is 69.0 cm³/mol. The van der Waals surface area contributed by atoms with Crippen molar-refractivity contribution in [3.05, 3.63) is 28.7 Å². The molecule has 0 unspecified atom stereocenters. The Hall–Kier alpha value is -1.60. The Morgan fingerprint density at radius 3 is 2.17 bits per heavy atom. The SMILES string of the molecule is CN(C)S(=O)(=O)c1ccc2c(c1)n(C)c(=O)n2C. The van der Waals surface area contributed by atoms with Crippen molar-refractivity contribution in [1.82, 2.24) is 13.4 Å². The summed E-state index contributed by atoms with van der Waals surface area (Å²) in [5.74, 6) is 0. The maximum absolute atomic E-state index is 12.0. The average molecular weight is 269 g/mol. The maximum Gasteiger partial charge on any atom is 0.328 e. The summed E-state index contributed by atoms with van der Waals surface area (Å²) in [6, 6.07) is 4.68. The molecule has 0 N–H and O–H groups in total. The number of aromatic nitrogens is 2. The number of aryl methyl sites for hydroxylation is 2. The monoisotopic (exact) mass is 269 g/mol. The number of sulfonamides is 1. The second-order valence-corrected chi connectivity index (χ2v) is 6.49. The number of fused-ring (bicyclic) bond motifs is 1. The molecule has 0 spiro atoms. The molecule has 2 rings (SSSR count). The molecule has 7 heteroatoms. The second kappa shape index (κ2) is 3.96. The zero-order valence-corrected chi connectivity index (χ0v) is 11.5. The molecule has 0 aliphatic rings. The Balaban J connectivity index is 2.81. The van der Waals surface area contributed by atoms with Crippen LogP contribution in [0.3, 0.4) is 0 Å². The van der Waals surface area contributed by atoms with E-state index in [2.05, 4.69) is 0 Å². The van der Waals surface area contributed by atoms with Crippen LogP contribution in [0.2, 0.25) is 0 Å². The first-order valence-corrected chi connectivity index (χ1v) is 6.79. The van der Waals surface area contributed by atoms with Crippen molar-refractivity contribution in [1.29, 1.82) is 0 Å². The summed E-state index contributed by atoms with van der Waals surface area (Å²) in [5, 5.41) is 0. The lowest BCUT2D eigenvalue weighted by molar-refractivity contribution is 0.521.